The van der Waals surface area contributed by atoms with E-state index >= 15 is 0 Å². The fourth-order valence-corrected chi connectivity index (χ4v) is 2.12. The van der Waals surface area contributed by atoms with Crippen LogP contribution in [0.3, 0.4) is 0 Å². The van der Waals surface area contributed by atoms with Crippen LogP contribution < -0.4 is 4.90 Å². The van der Waals surface area contributed by atoms with Crippen LogP contribution in [-0.2, 0) is 5.33 Å². The molecule has 0 aromatic heterocycles. The molecule has 0 atom stereocenters. The number of alkyl halides is 1. The Morgan fingerprint density at radius 1 is 1.38 bits per heavy atom. The minimum Gasteiger partial charge on any atom is -0.370 e. The first-order valence-corrected chi connectivity index (χ1v) is 5.90. The molecule has 1 aromatic rings. The molecular weight excluding hydrogens is 249 g/mol. The Bertz CT molecular complexity index is 310. The first-order valence-electron chi connectivity index (χ1n) is 4.40. The topological polar surface area (TPSA) is 3.24 Å². The van der Waals surface area contributed by atoms with E-state index in [1.807, 2.05) is 6.07 Å². The van der Waals surface area contributed by atoms with Crippen LogP contribution in [-0.4, -0.2) is 13.1 Å². The van der Waals surface area contributed by atoms with E-state index in [0.717, 1.165) is 23.4 Å². The highest BCUT2D eigenvalue weighted by Gasteiger charge is 2.16. The van der Waals surface area contributed by atoms with Crippen LogP contribution in [0.5, 0.6) is 0 Å². The number of halogens is 2. The zero-order valence-electron chi connectivity index (χ0n) is 7.26. The SMILES string of the molecule is Clc1cc(CBr)ccc1N1CCC1. The average Bonchev–Trinajstić information content (AvgIpc) is 2.05. The van der Waals surface area contributed by atoms with Gasteiger partial charge in [0.25, 0.3) is 0 Å². The van der Waals surface area contributed by atoms with Crippen molar-refractivity contribution in [2.45, 2.75) is 11.8 Å². The standard InChI is InChI=1S/C10H11BrClN/c11-7-8-2-3-10(9(12)6-8)13-4-1-5-13/h2-3,6H,1,4-5,7H2. The van der Waals surface area contributed by atoms with E-state index in [2.05, 4.69) is 33.0 Å². The third kappa shape index (κ3) is 1.84. The zero-order valence-corrected chi connectivity index (χ0v) is 9.61. The highest BCUT2D eigenvalue weighted by molar-refractivity contribution is 9.08. The van der Waals surface area contributed by atoms with Crippen LogP contribution in [0.4, 0.5) is 5.69 Å². The van der Waals surface area contributed by atoms with E-state index in [1.54, 1.807) is 0 Å². The molecule has 1 heterocycles. The minimum atomic E-state index is 0.868. The lowest BCUT2D eigenvalue weighted by atomic mass is 10.1. The molecule has 1 aromatic carbocycles. The maximum Gasteiger partial charge on any atom is 0.0642 e. The molecular formula is C10H11BrClN. The molecule has 1 fully saturated rings. The summed E-state index contributed by atoms with van der Waals surface area (Å²) in [7, 11) is 0. The van der Waals surface area contributed by atoms with Crippen LogP contribution >= 0.6 is 27.5 Å². The molecule has 1 aliphatic heterocycles. The van der Waals surface area contributed by atoms with Crippen molar-refractivity contribution in [2.75, 3.05) is 18.0 Å². The summed E-state index contributed by atoms with van der Waals surface area (Å²) in [6, 6.07) is 6.26. The Balaban J connectivity index is 2.26. The average molecular weight is 261 g/mol. The van der Waals surface area contributed by atoms with Crippen LogP contribution in [0.2, 0.25) is 5.02 Å². The van der Waals surface area contributed by atoms with E-state index in [9.17, 15) is 0 Å². The Hall–Kier alpha value is -0.210. The third-order valence-corrected chi connectivity index (χ3v) is 3.31. The summed E-state index contributed by atoms with van der Waals surface area (Å²) in [5.41, 5.74) is 2.41. The molecule has 1 aliphatic rings. The summed E-state index contributed by atoms with van der Waals surface area (Å²) < 4.78 is 0. The number of nitrogens with zero attached hydrogens (tertiary/aromatic N) is 1. The molecule has 13 heavy (non-hydrogen) atoms. The lowest BCUT2D eigenvalue weighted by Crippen LogP contribution is -2.37. The van der Waals surface area contributed by atoms with Gasteiger partial charge >= 0.3 is 0 Å². The molecule has 0 unspecified atom stereocenters. The number of benzene rings is 1. The molecule has 0 amide bonds. The molecule has 0 bridgehead atoms. The van der Waals surface area contributed by atoms with Gasteiger partial charge in [0.05, 0.1) is 10.7 Å². The molecule has 0 saturated carbocycles. The van der Waals surface area contributed by atoms with Gasteiger partial charge in [0.1, 0.15) is 0 Å². The summed E-state index contributed by atoms with van der Waals surface area (Å²) in [6.45, 7) is 2.29. The van der Waals surface area contributed by atoms with E-state index < -0.39 is 0 Å². The first-order chi connectivity index (χ1) is 6.31. The lowest BCUT2D eigenvalue weighted by molar-refractivity contribution is 0.618. The molecule has 0 N–H and O–H groups in total. The van der Waals surface area contributed by atoms with Crippen molar-refractivity contribution in [3.05, 3.63) is 28.8 Å². The maximum atomic E-state index is 6.15. The summed E-state index contributed by atoms with van der Waals surface area (Å²) in [4.78, 5) is 2.31. The monoisotopic (exact) mass is 259 g/mol. The summed E-state index contributed by atoms with van der Waals surface area (Å²) in [5.74, 6) is 0. The second kappa shape index (κ2) is 3.89. The highest BCUT2D eigenvalue weighted by Crippen LogP contribution is 2.30. The molecule has 70 valence electrons. The molecule has 1 saturated heterocycles. The molecule has 0 radical (unpaired) electrons. The second-order valence-corrected chi connectivity index (χ2v) is 4.23. The normalized spacial score (nSPS) is 15.7. The van der Waals surface area contributed by atoms with Gasteiger partial charge in [-0.05, 0) is 24.1 Å². The number of hydrogen-bond donors (Lipinski definition) is 0. The van der Waals surface area contributed by atoms with E-state index in [4.69, 9.17) is 11.6 Å². The van der Waals surface area contributed by atoms with Crippen LogP contribution in [0, 0.1) is 0 Å². The Morgan fingerprint density at radius 2 is 2.15 bits per heavy atom. The van der Waals surface area contributed by atoms with E-state index in [1.165, 1.54) is 17.7 Å². The quantitative estimate of drug-likeness (QED) is 0.736. The number of hydrogen-bond acceptors (Lipinski definition) is 1. The van der Waals surface area contributed by atoms with Gasteiger partial charge in [0.15, 0.2) is 0 Å². The zero-order chi connectivity index (χ0) is 9.26. The predicted octanol–water partition coefficient (Wildman–Crippen LogP) is 3.45. The first kappa shape index (κ1) is 9.35. The van der Waals surface area contributed by atoms with Crippen LogP contribution in [0.15, 0.2) is 18.2 Å². The van der Waals surface area contributed by atoms with Crippen molar-refractivity contribution in [2.24, 2.45) is 0 Å². The third-order valence-electron chi connectivity index (χ3n) is 2.36. The van der Waals surface area contributed by atoms with Gasteiger partial charge in [0.2, 0.25) is 0 Å². The molecule has 2 rings (SSSR count). The Kier molecular flexibility index (Phi) is 2.80. The molecule has 0 spiro atoms. The van der Waals surface area contributed by atoms with Gasteiger partial charge < -0.3 is 4.90 Å². The van der Waals surface area contributed by atoms with Gasteiger partial charge in [-0.1, -0.05) is 33.6 Å². The van der Waals surface area contributed by atoms with Gasteiger partial charge in [-0.2, -0.15) is 0 Å². The number of rotatable bonds is 2. The van der Waals surface area contributed by atoms with Gasteiger partial charge in [-0.15, -0.1) is 0 Å². The van der Waals surface area contributed by atoms with Crippen molar-refractivity contribution >= 4 is 33.2 Å². The van der Waals surface area contributed by atoms with Gasteiger partial charge in [-0.3, -0.25) is 0 Å². The van der Waals surface area contributed by atoms with Crippen molar-refractivity contribution in [3.63, 3.8) is 0 Å². The van der Waals surface area contributed by atoms with Crippen molar-refractivity contribution < 1.29 is 0 Å². The predicted molar refractivity (Wildman–Crippen MR) is 60.9 cm³/mol. The largest absolute Gasteiger partial charge is 0.370 e. The minimum absolute atomic E-state index is 0.868. The fourth-order valence-electron chi connectivity index (χ4n) is 1.45. The Morgan fingerprint density at radius 3 is 2.62 bits per heavy atom. The van der Waals surface area contributed by atoms with Crippen LogP contribution in [0.25, 0.3) is 0 Å². The molecule has 3 heteroatoms. The highest BCUT2D eigenvalue weighted by atomic mass is 79.9. The van der Waals surface area contributed by atoms with Crippen LogP contribution in [0.1, 0.15) is 12.0 Å². The van der Waals surface area contributed by atoms with Gasteiger partial charge in [0, 0.05) is 18.4 Å². The van der Waals surface area contributed by atoms with Crippen molar-refractivity contribution in [3.8, 4) is 0 Å². The maximum absolute atomic E-state index is 6.15. The van der Waals surface area contributed by atoms with E-state index in [0.29, 0.717) is 0 Å². The summed E-state index contributed by atoms with van der Waals surface area (Å²) >= 11 is 9.57. The second-order valence-electron chi connectivity index (χ2n) is 3.26. The van der Waals surface area contributed by atoms with Crippen molar-refractivity contribution in [1.82, 2.24) is 0 Å². The van der Waals surface area contributed by atoms with E-state index in [-0.39, 0.29) is 0 Å². The molecule has 0 aliphatic carbocycles. The lowest BCUT2D eigenvalue weighted by Gasteiger charge is -2.33. The Labute approximate surface area is 91.8 Å². The molecule has 1 nitrogen and oxygen atoms in total. The smallest absolute Gasteiger partial charge is 0.0642 e. The van der Waals surface area contributed by atoms with Gasteiger partial charge in [-0.25, -0.2) is 0 Å². The summed E-state index contributed by atoms with van der Waals surface area (Å²) in [6.07, 6.45) is 1.29. The summed E-state index contributed by atoms with van der Waals surface area (Å²) in [5, 5.41) is 1.74. The fraction of sp³-hybridized carbons (Fsp3) is 0.400. The van der Waals surface area contributed by atoms with Crippen molar-refractivity contribution in [1.29, 1.82) is 0 Å². The number of anilines is 1.